The number of hydrogen-bond acceptors (Lipinski definition) is 4. The number of benzene rings is 1. The van der Waals surface area contributed by atoms with Gasteiger partial charge in [-0.15, -0.1) is 0 Å². The fourth-order valence-corrected chi connectivity index (χ4v) is 2.63. The molecule has 2 amide bonds. The zero-order valence-electron chi connectivity index (χ0n) is 13.5. The second-order valence-electron chi connectivity index (χ2n) is 5.79. The molecule has 1 atom stereocenters. The highest BCUT2D eigenvalue weighted by atomic mass is 16.5. The van der Waals surface area contributed by atoms with Gasteiger partial charge in [0.25, 0.3) is 5.91 Å². The molecule has 3 rings (SSSR count). The molecule has 1 aromatic carbocycles. The average Bonchev–Trinajstić information content (AvgIpc) is 3.02. The van der Waals surface area contributed by atoms with E-state index in [0.29, 0.717) is 25.3 Å². The third kappa shape index (κ3) is 3.80. The smallest absolute Gasteiger partial charge is 0.269 e. The maximum absolute atomic E-state index is 12.1. The van der Waals surface area contributed by atoms with Crippen molar-refractivity contribution in [3.8, 4) is 0 Å². The first kappa shape index (κ1) is 16.2. The average molecular weight is 328 g/mol. The fourth-order valence-electron chi connectivity index (χ4n) is 2.63. The SMILES string of the molecule is Cn1cncc1C(=O)NCC1CN(Cc2ccccc2)C(=O)CO1. The topological polar surface area (TPSA) is 76.5 Å². The van der Waals surface area contributed by atoms with Crippen molar-refractivity contribution in [3.63, 3.8) is 0 Å². The van der Waals surface area contributed by atoms with Gasteiger partial charge in [-0.25, -0.2) is 4.98 Å². The van der Waals surface area contributed by atoms with Gasteiger partial charge in [0.05, 0.1) is 18.6 Å². The zero-order valence-corrected chi connectivity index (χ0v) is 13.5. The van der Waals surface area contributed by atoms with Crippen LogP contribution in [-0.2, 0) is 23.1 Å². The van der Waals surface area contributed by atoms with Gasteiger partial charge in [-0.05, 0) is 5.56 Å². The molecular formula is C17H20N4O3. The number of carbonyl (C=O) groups is 2. The Bertz CT molecular complexity index is 714. The van der Waals surface area contributed by atoms with Gasteiger partial charge in [0.15, 0.2) is 0 Å². The minimum atomic E-state index is -0.219. The molecule has 7 nitrogen and oxygen atoms in total. The van der Waals surface area contributed by atoms with Gasteiger partial charge in [0.2, 0.25) is 5.91 Å². The van der Waals surface area contributed by atoms with E-state index >= 15 is 0 Å². The summed E-state index contributed by atoms with van der Waals surface area (Å²) in [4.78, 5) is 29.8. The molecule has 7 heteroatoms. The Labute approximate surface area is 140 Å². The summed E-state index contributed by atoms with van der Waals surface area (Å²) in [6, 6.07) is 9.82. The molecule has 2 heterocycles. The van der Waals surface area contributed by atoms with Crippen molar-refractivity contribution in [2.45, 2.75) is 12.6 Å². The van der Waals surface area contributed by atoms with Crippen molar-refractivity contribution < 1.29 is 14.3 Å². The van der Waals surface area contributed by atoms with Crippen LogP contribution in [0.2, 0.25) is 0 Å². The van der Waals surface area contributed by atoms with Gasteiger partial charge in [-0.1, -0.05) is 30.3 Å². The lowest BCUT2D eigenvalue weighted by Crippen LogP contribution is -2.50. The molecule has 0 aliphatic carbocycles. The van der Waals surface area contributed by atoms with Gasteiger partial charge in [-0.2, -0.15) is 0 Å². The Hall–Kier alpha value is -2.67. The van der Waals surface area contributed by atoms with Crippen LogP contribution in [0.3, 0.4) is 0 Å². The van der Waals surface area contributed by atoms with Gasteiger partial charge in [0.1, 0.15) is 12.3 Å². The molecule has 1 N–H and O–H groups in total. The number of aryl methyl sites for hydroxylation is 1. The number of ether oxygens (including phenoxy) is 1. The quantitative estimate of drug-likeness (QED) is 0.871. The molecule has 126 valence electrons. The number of amides is 2. The molecule has 2 aromatic rings. The van der Waals surface area contributed by atoms with Crippen LogP contribution in [-0.4, -0.2) is 52.1 Å². The number of carbonyl (C=O) groups excluding carboxylic acids is 2. The molecule has 0 radical (unpaired) electrons. The number of nitrogens with one attached hydrogen (secondary N) is 1. The number of morpholine rings is 1. The number of rotatable bonds is 5. The second kappa shape index (κ2) is 7.27. The summed E-state index contributed by atoms with van der Waals surface area (Å²) >= 11 is 0. The second-order valence-corrected chi connectivity index (χ2v) is 5.79. The Morgan fingerprint density at radius 1 is 1.38 bits per heavy atom. The lowest BCUT2D eigenvalue weighted by atomic mass is 10.2. The highest BCUT2D eigenvalue weighted by Crippen LogP contribution is 2.11. The van der Waals surface area contributed by atoms with E-state index in [1.54, 1.807) is 22.8 Å². The summed E-state index contributed by atoms with van der Waals surface area (Å²) in [7, 11) is 1.76. The lowest BCUT2D eigenvalue weighted by molar-refractivity contribution is -0.149. The summed E-state index contributed by atoms with van der Waals surface area (Å²) < 4.78 is 7.18. The van der Waals surface area contributed by atoms with Crippen LogP contribution in [0.5, 0.6) is 0 Å². The Kier molecular flexibility index (Phi) is 4.90. The summed E-state index contributed by atoms with van der Waals surface area (Å²) in [6.45, 7) is 1.40. The summed E-state index contributed by atoms with van der Waals surface area (Å²) in [5.74, 6) is -0.238. The molecule has 1 aromatic heterocycles. The predicted molar refractivity (Wildman–Crippen MR) is 87.1 cm³/mol. The Morgan fingerprint density at radius 3 is 2.88 bits per heavy atom. The molecule has 1 fully saturated rings. The van der Waals surface area contributed by atoms with Crippen LogP contribution < -0.4 is 5.32 Å². The maximum Gasteiger partial charge on any atom is 0.269 e. The molecule has 0 saturated carbocycles. The minimum absolute atomic E-state index is 0.0342. The van der Waals surface area contributed by atoms with E-state index in [4.69, 9.17) is 4.74 Å². The van der Waals surface area contributed by atoms with Crippen molar-refractivity contribution in [1.82, 2.24) is 19.8 Å². The van der Waals surface area contributed by atoms with Crippen LogP contribution in [0.1, 0.15) is 16.1 Å². The predicted octanol–water partition coefficient (Wildman–Crippen LogP) is 0.577. The van der Waals surface area contributed by atoms with Crippen molar-refractivity contribution in [1.29, 1.82) is 0 Å². The summed E-state index contributed by atoms with van der Waals surface area (Å²) in [5.41, 5.74) is 1.56. The molecule has 0 bridgehead atoms. The van der Waals surface area contributed by atoms with E-state index in [1.165, 1.54) is 6.20 Å². The maximum atomic E-state index is 12.1. The molecule has 1 aliphatic heterocycles. The van der Waals surface area contributed by atoms with Crippen molar-refractivity contribution in [2.75, 3.05) is 19.7 Å². The van der Waals surface area contributed by atoms with Crippen LogP contribution >= 0.6 is 0 Å². The largest absolute Gasteiger partial charge is 0.365 e. The van der Waals surface area contributed by atoms with Gasteiger partial charge >= 0.3 is 0 Å². The molecule has 1 unspecified atom stereocenters. The lowest BCUT2D eigenvalue weighted by Gasteiger charge is -2.33. The van der Waals surface area contributed by atoms with Crippen LogP contribution in [0, 0.1) is 0 Å². The highest BCUT2D eigenvalue weighted by Gasteiger charge is 2.26. The number of nitrogens with zero attached hydrogens (tertiary/aromatic N) is 3. The molecule has 0 spiro atoms. The van der Waals surface area contributed by atoms with Gasteiger partial charge in [-0.3, -0.25) is 9.59 Å². The highest BCUT2D eigenvalue weighted by molar-refractivity contribution is 5.92. The molecule has 1 saturated heterocycles. The third-order valence-electron chi connectivity index (χ3n) is 3.98. The molecular weight excluding hydrogens is 308 g/mol. The normalized spacial score (nSPS) is 17.8. The van der Waals surface area contributed by atoms with Crippen molar-refractivity contribution in [3.05, 3.63) is 54.1 Å². The minimum Gasteiger partial charge on any atom is -0.365 e. The monoisotopic (exact) mass is 328 g/mol. The van der Waals surface area contributed by atoms with E-state index in [0.717, 1.165) is 5.56 Å². The van der Waals surface area contributed by atoms with Crippen molar-refractivity contribution >= 4 is 11.8 Å². The van der Waals surface area contributed by atoms with Crippen LogP contribution in [0.25, 0.3) is 0 Å². The number of aromatic nitrogens is 2. The van der Waals surface area contributed by atoms with E-state index in [-0.39, 0.29) is 24.5 Å². The standard InChI is InChI=1S/C17H20N4O3/c1-20-12-18-8-15(20)17(23)19-7-14-10-21(16(22)11-24-14)9-13-5-3-2-4-6-13/h2-6,8,12,14H,7,9-11H2,1H3,(H,19,23). The van der Waals surface area contributed by atoms with E-state index < -0.39 is 0 Å². The number of imidazole rings is 1. The first-order valence-corrected chi connectivity index (χ1v) is 7.81. The summed E-state index contributed by atoms with van der Waals surface area (Å²) in [5, 5.41) is 2.83. The van der Waals surface area contributed by atoms with Crippen molar-refractivity contribution in [2.24, 2.45) is 7.05 Å². The van der Waals surface area contributed by atoms with E-state index in [1.807, 2.05) is 30.3 Å². The Morgan fingerprint density at radius 2 is 2.17 bits per heavy atom. The van der Waals surface area contributed by atoms with Crippen LogP contribution in [0.15, 0.2) is 42.9 Å². The Balaban J connectivity index is 1.54. The van der Waals surface area contributed by atoms with E-state index in [9.17, 15) is 9.59 Å². The summed E-state index contributed by atoms with van der Waals surface area (Å²) in [6.07, 6.45) is 2.87. The van der Waals surface area contributed by atoms with Gasteiger partial charge < -0.3 is 19.5 Å². The fraction of sp³-hybridized carbons (Fsp3) is 0.353. The molecule has 24 heavy (non-hydrogen) atoms. The third-order valence-corrected chi connectivity index (χ3v) is 3.98. The van der Waals surface area contributed by atoms with E-state index in [2.05, 4.69) is 10.3 Å². The molecule has 1 aliphatic rings. The van der Waals surface area contributed by atoms with Gasteiger partial charge in [0, 0.05) is 26.7 Å². The number of hydrogen-bond donors (Lipinski definition) is 1. The first-order chi connectivity index (χ1) is 11.6. The zero-order chi connectivity index (χ0) is 16.9. The van der Waals surface area contributed by atoms with Crippen LogP contribution in [0.4, 0.5) is 0 Å². The first-order valence-electron chi connectivity index (χ1n) is 7.81.